The third kappa shape index (κ3) is 6.49. The van der Waals surface area contributed by atoms with Crippen LogP contribution in [-0.4, -0.2) is 13.3 Å². The second-order valence-electron chi connectivity index (χ2n) is 6.17. The SMILES string of the molecule is COc1cc(/C=N\NCc2ccc(Cl)cc2)cc(Br)c1OCc1ccc(Br)cc1. The number of nitrogens with one attached hydrogen (secondary N) is 1. The Morgan fingerprint density at radius 1 is 1.00 bits per heavy atom. The van der Waals surface area contributed by atoms with E-state index in [0.29, 0.717) is 24.7 Å². The predicted molar refractivity (Wildman–Crippen MR) is 125 cm³/mol. The molecule has 3 aromatic rings. The molecule has 0 saturated carbocycles. The van der Waals surface area contributed by atoms with Gasteiger partial charge in [-0.2, -0.15) is 5.10 Å². The van der Waals surface area contributed by atoms with Gasteiger partial charge < -0.3 is 14.9 Å². The Kier molecular flexibility index (Phi) is 7.98. The zero-order valence-electron chi connectivity index (χ0n) is 15.7. The Bertz CT molecular complexity index is 977. The molecule has 0 bridgehead atoms. The summed E-state index contributed by atoms with van der Waals surface area (Å²) in [7, 11) is 1.62. The molecule has 0 aromatic heterocycles. The van der Waals surface area contributed by atoms with Gasteiger partial charge in [-0.05, 0) is 69.0 Å². The fraction of sp³-hybridized carbons (Fsp3) is 0.136. The molecule has 0 spiro atoms. The molecule has 3 aromatic carbocycles. The van der Waals surface area contributed by atoms with Crippen molar-refractivity contribution in [1.82, 2.24) is 5.43 Å². The van der Waals surface area contributed by atoms with E-state index in [0.717, 1.165) is 30.7 Å². The van der Waals surface area contributed by atoms with Crippen LogP contribution in [0.4, 0.5) is 0 Å². The standard InChI is InChI=1S/C22H19Br2ClN2O2/c1-28-21-11-17(13-27-26-12-15-4-8-19(25)9-5-15)10-20(24)22(21)29-14-16-2-6-18(23)7-3-16/h2-11,13,26H,12,14H2,1H3/b27-13-. The Labute approximate surface area is 192 Å². The van der Waals surface area contributed by atoms with E-state index in [9.17, 15) is 0 Å². The second-order valence-corrected chi connectivity index (χ2v) is 8.38. The number of nitrogens with zero attached hydrogens (tertiary/aromatic N) is 1. The second kappa shape index (κ2) is 10.7. The van der Waals surface area contributed by atoms with E-state index in [1.54, 1.807) is 13.3 Å². The van der Waals surface area contributed by atoms with Crippen molar-refractivity contribution >= 4 is 49.7 Å². The maximum atomic E-state index is 5.97. The lowest BCUT2D eigenvalue weighted by molar-refractivity contribution is 0.282. The van der Waals surface area contributed by atoms with Gasteiger partial charge in [-0.3, -0.25) is 0 Å². The largest absolute Gasteiger partial charge is 0.493 e. The molecule has 0 aliphatic rings. The number of ether oxygens (including phenoxy) is 2. The van der Waals surface area contributed by atoms with Crippen LogP contribution in [0.3, 0.4) is 0 Å². The molecule has 29 heavy (non-hydrogen) atoms. The molecule has 4 nitrogen and oxygen atoms in total. The summed E-state index contributed by atoms with van der Waals surface area (Å²) in [4.78, 5) is 0. The maximum Gasteiger partial charge on any atom is 0.175 e. The molecule has 0 unspecified atom stereocenters. The topological polar surface area (TPSA) is 42.8 Å². The predicted octanol–water partition coefficient (Wildman–Crippen LogP) is 6.58. The monoisotopic (exact) mass is 536 g/mol. The third-order valence-electron chi connectivity index (χ3n) is 4.05. The van der Waals surface area contributed by atoms with Crippen molar-refractivity contribution in [3.05, 3.63) is 91.3 Å². The van der Waals surface area contributed by atoms with Crippen LogP contribution in [0.15, 0.2) is 74.7 Å². The van der Waals surface area contributed by atoms with E-state index >= 15 is 0 Å². The van der Waals surface area contributed by atoms with E-state index < -0.39 is 0 Å². The molecule has 0 fully saturated rings. The first kappa shape index (κ1) is 21.7. The van der Waals surface area contributed by atoms with Crippen molar-refractivity contribution in [1.29, 1.82) is 0 Å². The molecular weight excluding hydrogens is 520 g/mol. The number of hydrogen-bond donors (Lipinski definition) is 1. The Morgan fingerprint density at radius 3 is 2.38 bits per heavy atom. The fourth-order valence-electron chi connectivity index (χ4n) is 2.55. The zero-order valence-corrected chi connectivity index (χ0v) is 19.6. The quantitative estimate of drug-likeness (QED) is 0.260. The van der Waals surface area contributed by atoms with Gasteiger partial charge in [0, 0.05) is 9.50 Å². The summed E-state index contributed by atoms with van der Waals surface area (Å²) in [6, 6.07) is 19.5. The Morgan fingerprint density at radius 2 is 1.69 bits per heavy atom. The smallest absolute Gasteiger partial charge is 0.175 e. The van der Waals surface area contributed by atoms with Gasteiger partial charge in [-0.1, -0.05) is 51.8 Å². The van der Waals surface area contributed by atoms with E-state index in [1.807, 2.05) is 60.7 Å². The Balaban J connectivity index is 1.63. The normalized spacial score (nSPS) is 10.9. The molecule has 150 valence electrons. The molecule has 0 heterocycles. The minimum atomic E-state index is 0.443. The highest BCUT2D eigenvalue weighted by atomic mass is 79.9. The van der Waals surface area contributed by atoms with Gasteiger partial charge >= 0.3 is 0 Å². The van der Waals surface area contributed by atoms with Gasteiger partial charge in [0.25, 0.3) is 0 Å². The lowest BCUT2D eigenvalue weighted by Crippen LogP contribution is -2.05. The molecule has 0 aliphatic carbocycles. The van der Waals surface area contributed by atoms with E-state index in [-0.39, 0.29) is 0 Å². The highest BCUT2D eigenvalue weighted by molar-refractivity contribution is 9.10. The van der Waals surface area contributed by atoms with Crippen LogP contribution in [0.2, 0.25) is 5.02 Å². The van der Waals surface area contributed by atoms with Crippen molar-refractivity contribution in [2.75, 3.05) is 7.11 Å². The van der Waals surface area contributed by atoms with Crippen molar-refractivity contribution in [3.8, 4) is 11.5 Å². The molecular formula is C22H19Br2ClN2O2. The molecule has 0 radical (unpaired) electrons. The third-order valence-corrected chi connectivity index (χ3v) is 5.42. The van der Waals surface area contributed by atoms with E-state index in [4.69, 9.17) is 21.1 Å². The summed E-state index contributed by atoms with van der Waals surface area (Å²) in [5.74, 6) is 1.29. The average molecular weight is 539 g/mol. The van der Waals surface area contributed by atoms with Crippen molar-refractivity contribution in [2.45, 2.75) is 13.2 Å². The van der Waals surface area contributed by atoms with Gasteiger partial charge in [-0.25, -0.2) is 0 Å². The van der Waals surface area contributed by atoms with Crippen molar-refractivity contribution < 1.29 is 9.47 Å². The average Bonchev–Trinajstić information content (AvgIpc) is 2.72. The molecule has 0 atom stereocenters. The van der Waals surface area contributed by atoms with E-state index in [1.165, 1.54) is 0 Å². The van der Waals surface area contributed by atoms with Crippen LogP contribution < -0.4 is 14.9 Å². The van der Waals surface area contributed by atoms with Gasteiger partial charge in [0.2, 0.25) is 0 Å². The minimum Gasteiger partial charge on any atom is -0.493 e. The van der Waals surface area contributed by atoms with Crippen molar-refractivity contribution in [3.63, 3.8) is 0 Å². The number of hydrogen-bond acceptors (Lipinski definition) is 4. The molecule has 1 N–H and O–H groups in total. The molecule has 0 saturated heterocycles. The lowest BCUT2D eigenvalue weighted by atomic mass is 10.2. The first-order valence-electron chi connectivity index (χ1n) is 8.80. The van der Waals surface area contributed by atoms with Crippen LogP contribution in [-0.2, 0) is 13.2 Å². The summed E-state index contributed by atoms with van der Waals surface area (Å²) in [5, 5.41) is 5.00. The summed E-state index contributed by atoms with van der Waals surface area (Å²) in [6.07, 6.45) is 1.74. The number of hydrazone groups is 1. The highest BCUT2D eigenvalue weighted by Crippen LogP contribution is 2.36. The zero-order chi connectivity index (χ0) is 20.6. The Hall–Kier alpha value is -2.02. The first-order chi connectivity index (χ1) is 14.0. The molecule has 3 rings (SSSR count). The highest BCUT2D eigenvalue weighted by Gasteiger charge is 2.11. The summed E-state index contributed by atoms with van der Waals surface area (Å²) < 4.78 is 13.3. The van der Waals surface area contributed by atoms with Gasteiger partial charge in [0.1, 0.15) is 6.61 Å². The van der Waals surface area contributed by atoms with Crippen molar-refractivity contribution in [2.24, 2.45) is 5.10 Å². The van der Waals surface area contributed by atoms with Crippen LogP contribution in [0, 0.1) is 0 Å². The molecule has 0 amide bonds. The van der Waals surface area contributed by atoms with Crippen LogP contribution in [0.1, 0.15) is 16.7 Å². The summed E-state index contributed by atoms with van der Waals surface area (Å²) in [6.45, 7) is 1.05. The minimum absolute atomic E-state index is 0.443. The summed E-state index contributed by atoms with van der Waals surface area (Å²) >= 11 is 12.9. The molecule has 0 aliphatic heterocycles. The number of rotatable bonds is 8. The number of halogens is 3. The van der Waals surface area contributed by atoms with Gasteiger partial charge in [-0.15, -0.1) is 0 Å². The van der Waals surface area contributed by atoms with Crippen LogP contribution in [0.25, 0.3) is 0 Å². The molecule has 7 heteroatoms. The first-order valence-corrected chi connectivity index (χ1v) is 10.8. The van der Waals surface area contributed by atoms with Crippen LogP contribution in [0.5, 0.6) is 11.5 Å². The maximum absolute atomic E-state index is 5.97. The number of benzene rings is 3. The van der Waals surface area contributed by atoms with Gasteiger partial charge in [0.15, 0.2) is 11.5 Å². The van der Waals surface area contributed by atoms with Crippen LogP contribution >= 0.6 is 43.5 Å². The lowest BCUT2D eigenvalue weighted by Gasteiger charge is -2.13. The van der Waals surface area contributed by atoms with E-state index in [2.05, 4.69) is 42.4 Å². The van der Waals surface area contributed by atoms with Gasteiger partial charge in [0.05, 0.1) is 24.3 Å². The fourth-order valence-corrected chi connectivity index (χ4v) is 3.51. The summed E-state index contributed by atoms with van der Waals surface area (Å²) in [5.41, 5.74) is 6.08. The number of methoxy groups -OCH3 is 1.